The van der Waals surface area contributed by atoms with Gasteiger partial charge in [0.1, 0.15) is 11.6 Å². The SMILES string of the molecule is CCNc1nc(C)cc(N2CCN(c3ccnc(SC)n3)CC2)n1. The molecule has 1 fully saturated rings. The third-order valence-corrected chi connectivity index (χ3v) is 4.47. The van der Waals surface area contributed by atoms with Gasteiger partial charge < -0.3 is 15.1 Å². The number of piperazine rings is 1. The minimum Gasteiger partial charge on any atom is -0.354 e. The first-order chi connectivity index (χ1) is 11.7. The fraction of sp³-hybridized carbons (Fsp3) is 0.500. The highest BCUT2D eigenvalue weighted by molar-refractivity contribution is 7.98. The summed E-state index contributed by atoms with van der Waals surface area (Å²) in [6.45, 7) is 8.56. The second-order valence-electron chi connectivity index (χ2n) is 5.60. The van der Waals surface area contributed by atoms with Gasteiger partial charge in [-0.25, -0.2) is 15.0 Å². The highest BCUT2D eigenvalue weighted by atomic mass is 32.2. The van der Waals surface area contributed by atoms with Gasteiger partial charge in [-0.05, 0) is 26.2 Å². The molecule has 0 spiro atoms. The summed E-state index contributed by atoms with van der Waals surface area (Å²) in [6.07, 6.45) is 3.83. The zero-order chi connectivity index (χ0) is 16.9. The molecular formula is C16H23N7S. The summed E-state index contributed by atoms with van der Waals surface area (Å²) >= 11 is 1.57. The molecule has 128 valence electrons. The predicted molar refractivity (Wildman–Crippen MR) is 99.2 cm³/mol. The molecule has 0 bridgehead atoms. The maximum atomic E-state index is 4.63. The van der Waals surface area contributed by atoms with E-state index < -0.39 is 0 Å². The van der Waals surface area contributed by atoms with Gasteiger partial charge in [0.2, 0.25) is 5.95 Å². The van der Waals surface area contributed by atoms with Crippen molar-refractivity contribution in [3.05, 3.63) is 24.0 Å². The lowest BCUT2D eigenvalue weighted by Crippen LogP contribution is -2.47. The Kier molecular flexibility index (Phi) is 5.34. The zero-order valence-electron chi connectivity index (χ0n) is 14.4. The quantitative estimate of drug-likeness (QED) is 0.652. The minimum atomic E-state index is 0.704. The van der Waals surface area contributed by atoms with Crippen molar-refractivity contribution >= 4 is 29.3 Å². The van der Waals surface area contributed by atoms with Gasteiger partial charge in [0, 0.05) is 50.7 Å². The van der Waals surface area contributed by atoms with E-state index in [1.165, 1.54) is 0 Å². The van der Waals surface area contributed by atoms with Crippen LogP contribution in [-0.4, -0.2) is 58.9 Å². The van der Waals surface area contributed by atoms with Crippen LogP contribution in [0.3, 0.4) is 0 Å². The number of anilines is 3. The molecule has 0 amide bonds. The van der Waals surface area contributed by atoms with Crippen molar-refractivity contribution in [2.45, 2.75) is 19.0 Å². The summed E-state index contributed by atoms with van der Waals surface area (Å²) in [6, 6.07) is 4.03. The van der Waals surface area contributed by atoms with E-state index in [0.717, 1.165) is 55.2 Å². The van der Waals surface area contributed by atoms with E-state index in [1.807, 2.05) is 31.5 Å². The molecule has 1 aliphatic heterocycles. The summed E-state index contributed by atoms with van der Waals surface area (Å²) in [5.74, 6) is 2.70. The van der Waals surface area contributed by atoms with E-state index in [0.29, 0.717) is 5.95 Å². The van der Waals surface area contributed by atoms with Gasteiger partial charge in [0.05, 0.1) is 0 Å². The molecule has 3 heterocycles. The molecule has 0 aromatic carbocycles. The van der Waals surface area contributed by atoms with Crippen molar-refractivity contribution in [1.29, 1.82) is 0 Å². The largest absolute Gasteiger partial charge is 0.354 e. The van der Waals surface area contributed by atoms with Gasteiger partial charge in [-0.15, -0.1) is 0 Å². The summed E-state index contributed by atoms with van der Waals surface area (Å²) in [5, 5.41) is 4.01. The number of aryl methyl sites for hydroxylation is 1. The lowest BCUT2D eigenvalue weighted by molar-refractivity contribution is 0.637. The summed E-state index contributed by atoms with van der Waals surface area (Å²) in [7, 11) is 0. The Morgan fingerprint density at radius 3 is 2.46 bits per heavy atom. The Morgan fingerprint density at radius 2 is 1.79 bits per heavy atom. The smallest absolute Gasteiger partial charge is 0.224 e. The number of hydrogen-bond acceptors (Lipinski definition) is 8. The maximum absolute atomic E-state index is 4.63. The van der Waals surface area contributed by atoms with E-state index in [4.69, 9.17) is 0 Å². The van der Waals surface area contributed by atoms with Gasteiger partial charge in [-0.3, -0.25) is 0 Å². The standard InChI is InChI=1S/C16H23N7S/c1-4-17-15-19-12(2)11-14(20-15)23-9-7-22(8-10-23)13-5-6-18-16(21-13)24-3/h5-6,11H,4,7-10H2,1-3H3,(H,17,19,20). The second kappa shape index (κ2) is 7.65. The van der Waals surface area contributed by atoms with Gasteiger partial charge in [0.15, 0.2) is 5.16 Å². The van der Waals surface area contributed by atoms with Crippen molar-refractivity contribution < 1.29 is 0 Å². The molecule has 1 N–H and O–H groups in total. The third kappa shape index (κ3) is 3.87. The maximum Gasteiger partial charge on any atom is 0.224 e. The average Bonchev–Trinajstić information content (AvgIpc) is 2.62. The molecule has 0 unspecified atom stereocenters. The first-order valence-corrected chi connectivity index (χ1v) is 9.38. The fourth-order valence-corrected chi connectivity index (χ4v) is 3.07. The number of hydrogen-bond donors (Lipinski definition) is 1. The lowest BCUT2D eigenvalue weighted by atomic mass is 10.3. The van der Waals surface area contributed by atoms with Gasteiger partial charge in [-0.2, -0.15) is 4.98 Å². The number of aromatic nitrogens is 4. The van der Waals surface area contributed by atoms with Crippen molar-refractivity contribution in [1.82, 2.24) is 19.9 Å². The molecule has 2 aromatic heterocycles. The summed E-state index contributed by atoms with van der Waals surface area (Å²) in [4.78, 5) is 22.5. The molecule has 1 saturated heterocycles. The average molecular weight is 345 g/mol. The molecule has 8 heteroatoms. The van der Waals surface area contributed by atoms with E-state index in [9.17, 15) is 0 Å². The Bertz CT molecular complexity index is 686. The van der Waals surface area contributed by atoms with Crippen molar-refractivity contribution in [2.75, 3.05) is 54.1 Å². The van der Waals surface area contributed by atoms with E-state index >= 15 is 0 Å². The summed E-state index contributed by atoms with van der Waals surface area (Å²) in [5.41, 5.74) is 0.985. The molecule has 1 aliphatic rings. The van der Waals surface area contributed by atoms with E-state index in [-0.39, 0.29) is 0 Å². The van der Waals surface area contributed by atoms with Crippen LogP contribution in [0.15, 0.2) is 23.5 Å². The fourth-order valence-electron chi connectivity index (χ4n) is 2.72. The zero-order valence-corrected chi connectivity index (χ0v) is 15.2. The van der Waals surface area contributed by atoms with Gasteiger partial charge in [0.25, 0.3) is 0 Å². The lowest BCUT2D eigenvalue weighted by Gasteiger charge is -2.36. The van der Waals surface area contributed by atoms with Gasteiger partial charge in [-0.1, -0.05) is 11.8 Å². The molecule has 24 heavy (non-hydrogen) atoms. The van der Waals surface area contributed by atoms with Crippen molar-refractivity contribution in [2.24, 2.45) is 0 Å². The molecule has 0 atom stereocenters. The van der Waals surface area contributed by atoms with Crippen molar-refractivity contribution in [3.63, 3.8) is 0 Å². The number of nitrogens with zero attached hydrogens (tertiary/aromatic N) is 6. The monoisotopic (exact) mass is 345 g/mol. The molecule has 0 radical (unpaired) electrons. The van der Waals surface area contributed by atoms with Crippen LogP contribution in [0.5, 0.6) is 0 Å². The highest BCUT2D eigenvalue weighted by Crippen LogP contribution is 2.20. The third-order valence-electron chi connectivity index (χ3n) is 3.90. The molecule has 0 aliphatic carbocycles. The first kappa shape index (κ1) is 16.8. The topological polar surface area (TPSA) is 70.1 Å². The normalized spacial score (nSPS) is 14.8. The summed E-state index contributed by atoms with van der Waals surface area (Å²) < 4.78 is 0. The van der Waals surface area contributed by atoms with E-state index in [2.05, 4.69) is 42.0 Å². The van der Waals surface area contributed by atoms with Crippen LogP contribution < -0.4 is 15.1 Å². The Morgan fingerprint density at radius 1 is 1.08 bits per heavy atom. The Labute approximate surface area is 146 Å². The predicted octanol–water partition coefficient (Wildman–Crippen LogP) is 2.06. The molecular weight excluding hydrogens is 322 g/mol. The number of rotatable bonds is 5. The van der Waals surface area contributed by atoms with E-state index in [1.54, 1.807) is 11.8 Å². The van der Waals surface area contributed by atoms with Crippen LogP contribution in [0.25, 0.3) is 0 Å². The molecule has 3 rings (SSSR count). The number of nitrogens with one attached hydrogen (secondary N) is 1. The Balaban J connectivity index is 1.68. The molecule has 7 nitrogen and oxygen atoms in total. The molecule has 0 saturated carbocycles. The van der Waals surface area contributed by atoms with Crippen LogP contribution in [0.4, 0.5) is 17.6 Å². The van der Waals surface area contributed by atoms with Crippen LogP contribution in [0.2, 0.25) is 0 Å². The van der Waals surface area contributed by atoms with Crippen LogP contribution in [-0.2, 0) is 0 Å². The van der Waals surface area contributed by atoms with Crippen LogP contribution in [0.1, 0.15) is 12.6 Å². The molecule has 2 aromatic rings. The Hall–Kier alpha value is -2.09. The van der Waals surface area contributed by atoms with Crippen LogP contribution in [0, 0.1) is 6.92 Å². The number of thioether (sulfide) groups is 1. The van der Waals surface area contributed by atoms with Crippen molar-refractivity contribution in [3.8, 4) is 0 Å². The second-order valence-corrected chi connectivity index (χ2v) is 6.37. The minimum absolute atomic E-state index is 0.704. The van der Waals surface area contributed by atoms with Gasteiger partial charge >= 0.3 is 0 Å². The highest BCUT2D eigenvalue weighted by Gasteiger charge is 2.20. The first-order valence-electron chi connectivity index (χ1n) is 8.16. The van der Waals surface area contributed by atoms with Crippen LogP contribution >= 0.6 is 11.8 Å².